The topological polar surface area (TPSA) is 62.1 Å². The number of nitrogens with zero attached hydrogens (tertiary/aromatic N) is 1. The van der Waals surface area contributed by atoms with Crippen LogP contribution in [0.25, 0.3) is 0 Å². The van der Waals surface area contributed by atoms with Gasteiger partial charge in [0.15, 0.2) is 0 Å². The number of esters is 1. The summed E-state index contributed by atoms with van der Waals surface area (Å²) in [5.74, 6) is -0.327. The Balaban J connectivity index is 2.69. The zero-order chi connectivity index (χ0) is 12.8. The Kier molecular flexibility index (Phi) is 4.98. The zero-order valence-corrected chi connectivity index (χ0v) is 11.2. The van der Waals surface area contributed by atoms with E-state index < -0.39 is 4.83 Å². The molecule has 1 rings (SSSR count). The Labute approximate surface area is 109 Å². The molecular formula is C12H13BrN2O2. The van der Waals surface area contributed by atoms with Crippen LogP contribution >= 0.6 is 15.9 Å². The van der Waals surface area contributed by atoms with E-state index in [1.165, 1.54) is 7.11 Å². The molecule has 0 spiro atoms. The van der Waals surface area contributed by atoms with Crippen LogP contribution in [0.3, 0.4) is 0 Å². The van der Waals surface area contributed by atoms with Crippen molar-refractivity contribution in [3.63, 3.8) is 0 Å². The third-order valence-corrected chi connectivity index (χ3v) is 2.99. The van der Waals surface area contributed by atoms with Gasteiger partial charge in [-0.3, -0.25) is 4.79 Å². The van der Waals surface area contributed by atoms with Crippen molar-refractivity contribution in [2.24, 2.45) is 0 Å². The van der Waals surface area contributed by atoms with E-state index in [0.29, 0.717) is 12.1 Å². The van der Waals surface area contributed by atoms with E-state index in [2.05, 4.69) is 32.1 Å². The van der Waals surface area contributed by atoms with Gasteiger partial charge < -0.3 is 10.1 Å². The molecule has 0 aromatic heterocycles. The van der Waals surface area contributed by atoms with Crippen molar-refractivity contribution in [3.8, 4) is 6.07 Å². The van der Waals surface area contributed by atoms with Crippen molar-refractivity contribution in [1.29, 1.82) is 5.26 Å². The summed E-state index contributed by atoms with van der Waals surface area (Å²) >= 11 is 3.22. The van der Waals surface area contributed by atoms with Gasteiger partial charge in [-0.25, -0.2) is 0 Å². The molecule has 0 aliphatic carbocycles. The maximum Gasteiger partial charge on any atom is 0.321 e. The lowest BCUT2D eigenvalue weighted by atomic mass is 10.1. The number of alkyl halides is 1. The summed E-state index contributed by atoms with van der Waals surface area (Å²) in [6, 6.07) is 7.45. The molecule has 0 saturated heterocycles. The first-order valence-electron chi connectivity index (χ1n) is 5.05. The quantitative estimate of drug-likeness (QED) is 0.683. The number of hydrogen-bond acceptors (Lipinski definition) is 4. The molecule has 0 saturated carbocycles. The molecule has 90 valence electrons. The highest BCUT2D eigenvalue weighted by Gasteiger charge is 2.14. The van der Waals surface area contributed by atoms with Crippen LogP contribution in [0.1, 0.15) is 11.1 Å². The SMILES string of the molecule is COC(=O)C(Br)CNc1cc(C#N)ccc1C. The Morgan fingerprint density at radius 3 is 2.94 bits per heavy atom. The molecule has 0 fully saturated rings. The first-order chi connectivity index (χ1) is 8.08. The van der Waals surface area contributed by atoms with Crippen LogP contribution in [-0.2, 0) is 9.53 Å². The van der Waals surface area contributed by atoms with E-state index in [1.54, 1.807) is 12.1 Å². The van der Waals surface area contributed by atoms with E-state index in [0.717, 1.165) is 11.3 Å². The van der Waals surface area contributed by atoms with Crippen LogP contribution in [0.4, 0.5) is 5.69 Å². The summed E-state index contributed by atoms with van der Waals surface area (Å²) in [6.07, 6.45) is 0. The first kappa shape index (κ1) is 13.5. The normalized spacial score (nSPS) is 11.4. The minimum atomic E-state index is -0.405. The molecule has 0 bridgehead atoms. The molecular weight excluding hydrogens is 284 g/mol. The monoisotopic (exact) mass is 296 g/mol. The predicted octanol–water partition coefficient (Wildman–Crippen LogP) is 2.22. The fraction of sp³-hybridized carbons (Fsp3) is 0.333. The van der Waals surface area contributed by atoms with Crippen LogP contribution in [0.2, 0.25) is 0 Å². The summed E-state index contributed by atoms with van der Waals surface area (Å²) in [7, 11) is 1.35. The average molecular weight is 297 g/mol. The van der Waals surface area contributed by atoms with Gasteiger partial charge in [-0.2, -0.15) is 5.26 Å². The van der Waals surface area contributed by atoms with E-state index in [-0.39, 0.29) is 5.97 Å². The van der Waals surface area contributed by atoms with E-state index in [9.17, 15) is 4.79 Å². The molecule has 0 heterocycles. The highest BCUT2D eigenvalue weighted by Crippen LogP contribution is 2.17. The summed E-state index contributed by atoms with van der Waals surface area (Å²) < 4.78 is 4.60. The van der Waals surface area contributed by atoms with Crippen LogP contribution < -0.4 is 5.32 Å². The Hall–Kier alpha value is -1.54. The Morgan fingerprint density at radius 1 is 1.65 bits per heavy atom. The second kappa shape index (κ2) is 6.26. The zero-order valence-electron chi connectivity index (χ0n) is 9.66. The third kappa shape index (κ3) is 3.75. The maximum absolute atomic E-state index is 11.2. The van der Waals surface area contributed by atoms with Gasteiger partial charge in [-0.05, 0) is 24.6 Å². The van der Waals surface area contributed by atoms with Crippen LogP contribution in [-0.4, -0.2) is 24.5 Å². The van der Waals surface area contributed by atoms with Crippen molar-refractivity contribution >= 4 is 27.6 Å². The lowest BCUT2D eigenvalue weighted by Crippen LogP contribution is -2.24. The number of nitriles is 1. The van der Waals surface area contributed by atoms with Gasteiger partial charge in [0.25, 0.3) is 0 Å². The lowest BCUT2D eigenvalue weighted by Gasteiger charge is -2.12. The summed E-state index contributed by atoms with van der Waals surface area (Å²) in [4.78, 5) is 10.8. The number of benzene rings is 1. The van der Waals surface area contributed by atoms with Gasteiger partial charge in [0.2, 0.25) is 0 Å². The number of carbonyl (C=O) groups excluding carboxylic acids is 1. The van der Waals surface area contributed by atoms with Crippen LogP contribution in [0.5, 0.6) is 0 Å². The smallest absolute Gasteiger partial charge is 0.321 e. The van der Waals surface area contributed by atoms with Gasteiger partial charge in [0.05, 0.1) is 18.7 Å². The molecule has 4 nitrogen and oxygen atoms in total. The second-order valence-corrected chi connectivity index (χ2v) is 4.62. The number of carbonyl (C=O) groups is 1. The minimum Gasteiger partial charge on any atom is -0.468 e. The number of nitrogens with one attached hydrogen (secondary N) is 1. The fourth-order valence-electron chi connectivity index (χ4n) is 1.29. The summed E-state index contributed by atoms with van der Waals surface area (Å²) in [5, 5.41) is 11.9. The number of aryl methyl sites for hydroxylation is 1. The summed E-state index contributed by atoms with van der Waals surface area (Å²) in [6.45, 7) is 2.34. The highest BCUT2D eigenvalue weighted by atomic mass is 79.9. The van der Waals surface area contributed by atoms with Crippen molar-refractivity contribution in [3.05, 3.63) is 29.3 Å². The molecule has 5 heteroatoms. The number of halogens is 1. The molecule has 1 unspecified atom stereocenters. The molecule has 1 aromatic rings. The minimum absolute atomic E-state index is 0.327. The third-order valence-electron chi connectivity index (χ3n) is 2.30. The number of methoxy groups -OCH3 is 1. The highest BCUT2D eigenvalue weighted by molar-refractivity contribution is 9.10. The van der Waals surface area contributed by atoms with Gasteiger partial charge in [-0.15, -0.1) is 0 Å². The summed E-state index contributed by atoms with van der Waals surface area (Å²) in [5.41, 5.74) is 2.45. The molecule has 0 aliphatic rings. The van der Waals surface area contributed by atoms with Crippen molar-refractivity contribution in [1.82, 2.24) is 0 Å². The lowest BCUT2D eigenvalue weighted by molar-refractivity contribution is -0.139. The molecule has 1 N–H and O–H groups in total. The van der Waals surface area contributed by atoms with Gasteiger partial charge in [-0.1, -0.05) is 22.0 Å². The van der Waals surface area contributed by atoms with Crippen molar-refractivity contribution < 1.29 is 9.53 Å². The molecule has 0 amide bonds. The van der Waals surface area contributed by atoms with Gasteiger partial charge in [0, 0.05) is 12.2 Å². The standard InChI is InChI=1S/C12H13BrN2O2/c1-8-3-4-9(6-14)5-11(8)15-7-10(13)12(16)17-2/h3-5,10,15H,7H2,1-2H3. The Bertz CT molecular complexity index is 454. The molecule has 1 atom stereocenters. The van der Waals surface area contributed by atoms with Gasteiger partial charge in [0.1, 0.15) is 4.83 Å². The predicted molar refractivity (Wildman–Crippen MR) is 69.1 cm³/mol. The number of rotatable bonds is 4. The number of ether oxygens (including phenoxy) is 1. The average Bonchev–Trinajstić information content (AvgIpc) is 2.36. The Morgan fingerprint density at radius 2 is 2.35 bits per heavy atom. The van der Waals surface area contributed by atoms with E-state index >= 15 is 0 Å². The molecule has 1 aromatic carbocycles. The van der Waals surface area contributed by atoms with Gasteiger partial charge >= 0.3 is 5.97 Å². The first-order valence-corrected chi connectivity index (χ1v) is 5.96. The molecule has 17 heavy (non-hydrogen) atoms. The van der Waals surface area contributed by atoms with Crippen molar-refractivity contribution in [2.45, 2.75) is 11.8 Å². The molecule has 0 radical (unpaired) electrons. The number of anilines is 1. The van der Waals surface area contributed by atoms with E-state index in [1.807, 2.05) is 13.0 Å². The molecule has 0 aliphatic heterocycles. The fourth-order valence-corrected chi connectivity index (χ4v) is 1.64. The van der Waals surface area contributed by atoms with Crippen LogP contribution in [0.15, 0.2) is 18.2 Å². The maximum atomic E-state index is 11.2. The van der Waals surface area contributed by atoms with E-state index in [4.69, 9.17) is 5.26 Å². The number of hydrogen-bond donors (Lipinski definition) is 1. The largest absolute Gasteiger partial charge is 0.468 e. The van der Waals surface area contributed by atoms with Crippen molar-refractivity contribution in [2.75, 3.05) is 19.0 Å². The second-order valence-electron chi connectivity index (χ2n) is 3.51. The van der Waals surface area contributed by atoms with Crippen LogP contribution in [0, 0.1) is 18.3 Å².